The molecule has 3 rings (SSSR count). The van der Waals surface area contributed by atoms with E-state index in [9.17, 15) is 5.11 Å². The zero-order chi connectivity index (χ0) is 11.7. The maximum absolute atomic E-state index is 9.84. The lowest BCUT2D eigenvalue weighted by atomic mass is 9.99. The van der Waals surface area contributed by atoms with Gasteiger partial charge in [-0.2, -0.15) is 16.9 Å². The highest BCUT2D eigenvalue weighted by molar-refractivity contribution is 7.99. The SMILES string of the molecule is OC1CCCc2nc(CC3CCSCC3)nn21. The molecule has 94 valence electrons. The first-order valence-electron chi connectivity index (χ1n) is 6.53. The Morgan fingerprint density at radius 2 is 2.12 bits per heavy atom. The van der Waals surface area contributed by atoms with Gasteiger partial charge in [-0.3, -0.25) is 0 Å². The van der Waals surface area contributed by atoms with Crippen LogP contribution < -0.4 is 0 Å². The Labute approximate surface area is 106 Å². The minimum atomic E-state index is -0.443. The van der Waals surface area contributed by atoms with Gasteiger partial charge in [0.15, 0.2) is 5.82 Å². The van der Waals surface area contributed by atoms with Crippen molar-refractivity contribution in [1.29, 1.82) is 0 Å². The predicted octanol–water partition coefficient (Wildman–Crippen LogP) is 1.79. The van der Waals surface area contributed by atoms with Crippen molar-refractivity contribution in [1.82, 2.24) is 14.8 Å². The summed E-state index contributed by atoms with van der Waals surface area (Å²) in [6, 6.07) is 0. The zero-order valence-electron chi connectivity index (χ0n) is 10.0. The molecule has 0 radical (unpaired) electrons. The molecule has 17 heavy (non-hydrogen) atoms. The van der Waals surface area contributed by atoms with E-state index >= 15 is 0 Å². The number of aryl methyl sites for hydroxylation is 1. The summed E-state index contributed by atoms with van der Waals surface area (Å²) in [6.45, 7) is 0. The van der Waals surface area contributed by atoms with E-state index in [1.54, 1.807) is 4.68 Å². The normalized spacial score (nSPS) is 25.8. The molecular formula is C12H19N3OS. The van der Waals surface area contributed by atoms with Crippen molar-refractivity contribution in [3.63, 3.8) is 0 Å². The van der Waals surface area contributed by atoms with Gasteiger partial charge < -0.3 is 5.11 Å². The number of aromatic nitrogens is 3. The highest BCUT2D eigenvalue weighted by Crippen LogP contribution is 2.26. The van der Waals surface area contributed by atoms with E-state index in [1.165, 1.54) is 24.3 Å². The summed E-state index contributed by atoms with van der Waals surface area (Å²) in [5.74, 6) is 5.22. The molecule has 0 aliphatic carbocycles. The fourth-order valence-electron chi connectivity index (χ4n) is 2.67. The molecule has 1 atom stereocenters. The van der Waals surface area contributed by atoms with Crippen molar-refractivity contribution in [3.8, 4) is 0 Å². The Bertz CT molecular complexity index is 387. The van der Waals surface area contributed by atoms with E-state index in [2.05, 4.69) is 21.8 Å². The van der Waals surface area contributed by atoms with Crippen LogP contribution in [-0.2, 0) is 12.8 Å². The summed E-state index contributed by atoms with van der Waals surface area (Å²) in [4.78, 5) is 4.58. The molecule has 0 amide bonds. The summed E-state index contributed by atoms with van der Waals surface area (Å²) in [5, 5.41) is 14.3. The number of hydrogen-bond acceptors (Lipinski definition) is 4. The first kappa shape index (κ1) is 11.5. The fourth-order valence-corrected chi connectivity index (χ4v) is 3.88. The van der Waals surface area contributed by atoms with Gasteiger partial charge in [-0.05, 0) is 43.1 Å². The number of nitrogens with zero attached hydrogens (tertiary/aromatic N) is 3. The smallest absolute Gasteiger partial charge is 0.151 e. The molecule has 4 nitrogen and oxygen atoms in total. The largest absolute Gasteiger partial charge is 0.372 e. The van der Waals surface area contributed by atoms with Gasteiger partial charge in [0.25, 0.3) is 0 Å². The van der Waals surface area contributed by atoms with Crippen LogP contribution in [0.2, 0.25) is 0 Å². The van der Waals surface area contributed by atoms with Crippen molar-refractivity contribution in [2.45, 2.75) is 44.8 Å². The number of aliphatic hydroxyl groups excluding tert-OH is 1. The molecule has 0 spiro atoms. The van der Waals surface area contributed by atoms with E-state index in [1.807, 2.05) is 0 Å². The lowest BCUT2D eigenvalue weighted by Gasteiger charge is -2.19. The lowest BCUT2D eigenvalue weighted by molar-refractivity contribution is 0.0643. The van der Waals surface area contributed by atoms with Gasteiger partial charge in [-0.1, -0.05) is 0 Å². The molecule has 2 aliphatic rings. The number of fused-ring (bicyclic) bond motifs is 1. The Hall–Kier alpha value is -0.550. The van der Waals surface area contributed by atoms with E-state index in [0.29, 0.717) is 0 Å². The molecule has 1 saturated heterocycles. The standard InChI is InChI=1S/C12H19N3OS/c16-12-3-1-2-11-13-10(14-15(11)12)8-9-4-6-17-7-5-9/h9,12,16H,1-8H2. The van der Waals surface area contributed by atoms with Crippen molar-refractivity contribution in [3.05, 3.63) is 11.6 Å². The second-order valence-corrected chi connectivity index (χ2v) is 6.25. The van der Waals surface area contributed by atoms with Gasteiger partial charge in [0.1, 0.15) is 12.1 Å². The molecule has 0 saturated carbocycles. The third kappa shape index (κ3) is 2.50. The fraction of sp³-hybridized carbons (Fsp3) is 0.833. The summed E-state index contributed by atoms with van der Waals surface area (Å²) >= 11 is 2.05. The van der Waals surface area contributed by atoms with Crippen LogP contribution in [0.1, 0.15) is 43.6 Å². The van der Waals surface area contributed by atoms with Crippen LogP contribution in [0.15, 0.2) is 0 Å². The van der Waals surface area contributed by atoms with Crippen LogP contribution in [0.3, 0.4) is 0 Å². The molecular weight excluding hydrogens is 234 g/mol. The maximum atomic E-state index is 9.84. The van der Waals surface area contributed by atoms with Crippen molar-refractivity contribution < 1.29 is 5.11 Å². The maximum Gasteiger partial charge on any atom is 0.151 e. The number of rotatable bonds is 2. The van der Waals surface area contributed by atoms with Crippen LogP contribution in [0.5, 0.6) is 0 Å². The second-order valence-electron chi connectivity index (χ2n) is 5.02. The average molecular weight is 253 g/mol. The Balaban J connectivity index is 1.71. The van der Waals surface area contributed by atoms with Crippen LogP contribution in [-0.4, -0.2) is 31.4 Å². The van der Waals surface area contributed by atoms with Crippen LogP contribution >= 0.6 is 11.8 Å². The first-order chi connectivity index (χ1) is 8.33. The third-order valence-electron chi connectivity index (χ3n) is 3.70. The van der Waals surface area contributed by atoms with Gasteiger partial charge in [0.2, 0.25) is 0 Å². The molecule has 1 N–H and O–H groups in total. The molecule has 0 bridgehead atoms. The molecule has 1 aromatic heterocycles. The van der Waals surface area contributed by atoms with E-state index in [4.69, 9.17) is 0 Å². The molecule has 3 heterocycles. The summed E-state index contributed by atoms with van der Waals surface area (Å²) in [5.41, 5.74) is 0. The topological polar surface area (TPSA) is 50.9 Å². The van der Waals surface area contributed by atoms with Crippen LogP contribution in [0.4, 0.5) is 0 Å². The summed E-state index contributed by atoms with van der Waals surface area (Å²) in [7, 11) is 0. The van der Waals surface area contributed by atoms with E-state index in [0.717, 1.165) is 43.3 Å². The van der Waals surface area contributed by atoms with Gasteiger partial charge >= 0.3 is 0 Å². The van der Waals surface area contributed by atoms with Crippen molar-refractivity contribution in [2.75, 3.05) is 11.5 Å². The van der Waals surface area contributed by atoms with Crippen molar-refractivity contribution >= 4 is 11.8 Å². The Kier molecular flexibility index (Phi) is 3.38. The number of hydrogen-bond donors (Lipinski definition) is 1. The Morgan fingerprint density at radius 3 is 2.88 bits per heavy atom. The second kappa shape index (κ2) is 4.98. The first-order valence-corrected chi connectivity index (χ1v) is 7.68. The minimum Gasteiger partial charge on any atom is -0.372 e. The van der Waals surface area contributed by atoms with Crippen LogP contribution in [0, 0.1) is 5.92 Å². The lowest BCUT2D eigenvalue weighted by Crippen LogP contribution is -2.18. The highest BCUT2D eigenvalue weighted by Gasteiger charge is 2.23. The van der Waals surface area contributed by atoms with Crippen molar-refractivity contribution in [2.24, 2.45) is 5.92 Å². The van der Waals surface area contributed by atoms with E-state index in [-0.39, 0.29) is 0 Å². The number of thioether (sulfide) groups is 1. The number of aliphatic hydroxyl groups is 1. The van der Waals surface area contributed by atoms with Gasteiger partial charge in [0.05, 0.1) is 0 Å². The summed E-state index contributed by atoms with van der Waals surface area (Å²) in [6.07, 6.45) is 5.93. The molecule has 5 heteroatoms. The third-order valence-corrected chi connectivity index (χ3v) is 4.75. The Morgan fingerprint density at radius 1 is 1.29 bits per heavy atom. The molecule has 1 fully saturated rings. The molecule has 1 unspecified atom stereocenters. The average Bonchev–Trinajstić information content (AvgIpc) is 2.74. The summed E-state index contributed by atoms with van der Waals surface area (Å²) < 4.78 is 1.73. The van der Waals surface area contributed by atoms with Gasteiger partial charge in [-0.15, -0.1) is 0 Å². The predicted molar refractivity (Wildman–Crippen MR) is 68.0 cm³/mol. The van der Waals surface area contributed by atoms with Gasteiger partial charge in [-0.25, -0.2) is 9.67 Å². The highest BCUT2D eigenvalue weighted by atomic mass is 32.2. The van der Waals surface area contributed by atoms with Crippen LogP contribution in [0.25, 0.3) is 0 Å². The zero-order valence-corrected chi connectivity index (χ0v) is 10.8. The van der Waals surface area contributed by atoms with Gasteiger partial charge in [0, 0.05) is 12.8 Å². The molecule has 1 aromatic rings. The minimum absolute atomic E-state index is 0.443. The quantitative estimate of drug-likeness (QED) is 0.873. The molecule has 2 aliphatic heterocycles. The molecule has 0 aromatic carbocycles. The van der Waals surface area contributed by atoms with E-state index < -0.39 is 6.23 Å². The monoisotopic (exact) mass is 253 g/mol.